The summed E-state index contributed by atoms with van der Waals surface area (Å²) in [5.41, 5.74) is 1.67. The molecule has 0 aliphatic heterocycles. The van der Waals surface area contributed by atoms with Crippen LogP contribution < -0.4 is 15.0 Å². The fraction of sp³-hybridized carbons (Fsp3) is 0.261. The number of amides is 2. The van der Waals surface area contributed by atoms with Gasteiger partial charge in [0.05, 0.1) is 30.0 Å². The van der Waals surface area contributed by atoms with Crippen molar-refractivity contribution in [3.05, 3.63) is 54.7 Å². The second-order valence-corrected chi connectivity index (χ2v) is 7.44. The summed E-state index contributed by atoms with van der Waals surface area (Å²) in [6, 6.07) is 7.87. The summed E-state index contributed by atoms with van der Waals surface area (Å²) in [5.74, 6) is -0.125. The van der Waals surface area contributed by atoms with Crippen molar-refractivity contribution >= 4 is 23.3 Å². The third-order valence-electron chi connectivity index (χ3n) is 4.83. The highest BCUT2D eigenvalue weighted by molar-refractivity contribution is 5.88. The predicted molar refractivity (Wildman–Crippen MR) is 123 cm³/mol. The number of ether oxygens (including phenoxy) is 1. The molecule has 10 heteroatoms. The molecule has 0 unspecified atom stereocenters. The number of anilines is 2. The number of likely N-dealkylation sites (N-methyl/N-ethyl adjacent to an activating group) is 2. The minimum atomic E-state index is -0.580. The molecule has 0 radical (unpaired) electrons. The smallest absolute Gasteiger partial charge is 0.239 e. The van der Waals surface area contributed by atoms with Gasteiger partial charge in [0.25, 0.3) is 0 Å². The van der Waals surface area contributed by atoms with Crippen LogP contribution in [0.2, 0.25) is 0 Å². The number of carbonyl (C=O) groups excluding carboxylic acids is 2. The Kier molecular flexibility index (Phi) is 7.50. The van der Waals surface area contributed by atoms with Crippen LogP contribution in [0.3, 0.4) is 0 Å². The molecule has 0 atom stereocenters. The van der Waals surface area contributed by atoms with Gasteiger partial charge in [-0.15, -0.1) is 0 Å². The maximum Gasteiger partial charge on any atom is 0.239 e. The van der Waals surface area contributed by atoms with Crippen LogP contribution in [-0.4, -0.2) is 58.9 Å². The summed E-state index contributed by atoms with van der Waals surface area (Å²) < 4.78 is 20.3. The summed E-state index contributed by atoms with van der Waals surface area (Å²) in [4.78, 5) is 38.6. The number of nitrogens with one attached hydrogen (secondary N) is 1. The van der Waals surface area contributed by atoms with E-state index in [4.69, 9.17) is 4.74 Å². The number of pyridine rings is 1. The lowest BCUT2D eigenvalue weighted by atomic mass is 10.1. The summed E-state index contributed by atoms with van der Waals surface area (Å²) in [6.07, 6.45) is 4.47. The minimum absolute atomic E-state index is 0.000896. The Balaban J connectivity index is 1.69. The standard InChI is InChI=1S/C23H25FN6O3/c1-15(31)27-18-6-7-20(26-12-18)17-5-8-21(19(24)11-17)33-23-14-25-13-22(28-23)30(4)10-9-29(3)16(2)32/h5-8,11-14H,9-10H2,1-4H3,(H,27,31). The molecule has 2 amide bonds. The van der Waals surface area contributed by atoms with Crippen molar-refractivity contribution in [2.24, 2.45) is 0 Å². The van der Waals surface area contributed by atoms with Gasteiger partial charge in [0.15, 0.2) is 17.4 Å². The van der Waals surface area contributed by atoms with Crippen LogP contribution in [0.1, 0.15) is 13.8 Å². The van der Waals surface area contributed by atoms with Crippen molar-refractivity contribution in [3.63, 3.8) is 0 Å². The third-order valence-corrected chi connectivity index (χ3v) is 4.83. The van der Waals surface area contributed by atoms with E-state index in [0.717, 1.165) is 0 Å². The van der Waals surface area contributed by atoms with Crippen molar-refractivity contribution in [2.75, 3.05) is 37.4 Å². The van der Waals surface area contributed by atoms with Gasteiger partial charge in [0.1, 0.15) is 0 Å². The van der Waals surface area contributed by atoms with E-state index in [0.29, 0.717) is 35.9 Å². The number of rotatable bonds is 8. The lowest BCUT2D eigenvalue weighted by Crippen LogP contribution is -2.33. The molecule has 0 aliphatic carbocycles. The lowest BCUT2D eigenvalue weighted by Gasteiger charge is -2.22. The molecule has 172 valence electrons. The van der Waals surface area contributed by atoms with Crippen molar-refractivity contribution < 1.29 is 18.7 Å². The molecule has 0 saturated heterocycles. The van der Waals surface area contributed by atoms with Gasteiger partial charge in [-0.25, -0.2) is 4.39 Å². The quantitative estimate of drug-likeness (QED) is 0.559. The highest BCUT2D eigenvalue weighted by atomic mass is 19.1. The first kappa shape index (κ1) is 23.6. The molecule has 2 heterocycles. The first-order valence-electron chi connectivity index (χ1n) is 10.2. The average Bonchev–Trinajstić information content (AvgIpc) is 2.79. The van der Waals surface area contributed by atoms with E-state index >= 15 is 0 Å². The van der Waals surface area contributed by atoms with Gasteiger partial charge in [-0.1, -0.05) is 0 Å². The number of benzene rings is 1. The number of hydrogen-bond donors (Lipinski definition) is 1. The van der Waals surface area contributed by atoms with Gasteiger partial charge >= 0.3 is 0 Å². The highest BCUT2D eigenvalue weighted by Crippen LogP contribution is 2.28. The summed E-state index contributed by atoms with van der Waals surface area (Å²) in [6.45, 7) is 3.98. The van der Waals surface area contributed by atoms with Gasteiger partial charge in [0, 0.05) is 46.6 Å². The van der Waals surface area contributed by atoms with Crippen molar-refractivity contribution in [1.82, 2.24) is 19.9 Å². The molecule has 1 aromatic carbocycles. The normalized spacial score (nSPS) is 10.5. The first-order valence-corrected chi connectivity index (χ1v) is 10.2. The van der Waals surface area contributed by atoms with Crippen LogP contribution in [0.15, 0.2) is 48.9 Å². The Labute approximate surface area is 191 Å². The molecule has 9 nitrogen and oxygen atoms in total. The van der Waals surface area contributed by atoms with Crippen LogP contribution in [0.5, 0.6) is 11.6 Å². The molecule has 3 aromatic rings. The van der Waals surface area contributed by atoms with Gasteiger partial charge in [-0.05, 0) is 30.3 Å². The van der Waals surface area contributed by atoms with Gasteiger partial charge in [-0.2, -0.15) is 4.98 Å². The van der Waals surface area contributed by atoms with E-state index in [2.05, 4.69) is 20.3 Å². The average molecular weight is 452 g/mol. The van der Waals surface area contributed by atoms with Crippen LogP contribution in [0.4, 0.5) is 15.9 Å². The van der Waals surface area contributed by atoms with E-state index in [1.165, 1.54) is 38.4 Å². The number of nitrogens with zero attached hydrogens (tertiary/aromatic N) is 5. The Morgan fingerprint density at radius 1 is 1.06 bits per heavy atom. The number of hydrogen-bond acceptors (Lipinski definition) is 7. The van der Waals surface area contributed by atoms with Crippen molar-refractivity contribution in [3.8, 4) is 22.9 Å². The Morgan fingerprint density at radius 2 is 1.85 bits per heavy atom. The van der Waals surface area contributed by atoms with Crippen LogP contribution in [-0.2, 0) is 9.59 Å². The summed E-state index contributed by atoms with van der Waals surface area (Å²) >= 11 is 0. The van der Waals surface area contributed by atoms with Crippen molar-refractivity contribution in [2.45, 2.75) is 13.8 Å². The zero-order chi connectivity index (χ0) is 24.0. The zero-order valence-corrected chi connectivity index (χ0v) is 18.9. The zero-order valence-electron chi connectivity index (χ0n) is 18.9. The largest absolute Gasteiger partial charge is 0.434 e. The van der Waals surface area contributed by atoms with Crippen LogP contribution >= 0.6 is 0 Å². The molecular weight excluding hydrogens is 427 g/mol. The molecule has 3 rings (SSSR count). The molecule has 0 aliphatic rings. The van der Waals surface area contributed by atoms with Crippen LogP contribution in [0.25, 0.3) is 11.3 Å². The first-order chi connectivity index (χ1) is 15.7. The van der Waals surface area contributed by atoms with Gasteiger partial charge < -0.3 is 19.9 Å². The fourth-order valence-electron chi connectivity index (χ4n) is 2.84. The molecule has 0 fully saturated rings. The monoisotopic (exact) mass is 452 g/mol. The highest BCUT2D eigenvalue weighted by Gasteiger charge is 2.12. The molecule has 33 heavy (non-hydrogen) atoms. The maximum absolute atomic E-state index is 14.7. The molecule has 0 spiro atoms. The maximum atomic E-state index is 14.7. The molecular formula is C23H25FN6O3. The van der Waals surface area contributed by atoms with Gasteiger partial charge in [0.2, 0.25) is 17.7 Å². The number of carbonyl (C=O) groups is 2. The van der Waals surface area contributed by atoms with E-state index in [1.807, 2.05) is 11.9 Å². The molecule has 0 saturated carbocycles. The van der Waals surface area contributed by atoms with Gasteiger partial charge in [-0.3, -0.25) is 19.6 Å². The fourth-order valence-corrected chi connectivity index (χ4v) is 2.84. The Hall–Kier alpha value is -4.08. The second kappa shape index (κ2) is 10.5. The minimum Gasteiger partial charge on any atom is -0.434 e. The number of aromatic nitrogens is 3. The predicted octanol–water partition coefficient (Wildman–Crippen LogP) is 3.34. The topological polar surface area (TPSA) is 101 Å². The molecule has 2 aromatic heterocycles. The number of halogens is 1. The summed E-state index contributed by atoms with van der Waals surface area (Å²) in [7, 11) is 3.54. The van der Waals surface area contributed by atoms with E-state index in [9.17, 15) is 14.0 Å². The lowest BCUT2D eigenvalue weighted by molar-refractivity contribution is -0.127. The van der Waals surface area contributed by atoms with E-state index in [1.54, 1.807) is 36.3 Å². The summed E-state index contributed by atoms with van der Waals surface area (Å²) in [5, 5.41) is 2.63. The third kappa shape index (κ3) is 6.45. The van der Waals surface area contributed by atoms with Crippen LogP contribution in [0, 0.1) is 5.82 Å². The molecule has 0 bridgehead atoms. The van der Waals surface area contributed by atoms with Crippen molar-refractivity contribution in [1.29, 1.82) is 0 Å². The second-order valence-electron chi connectivity index (χ2n) is 7.44. The SMILES string of the molecule is CC(=O)Nc1ccc(-c2ccc(Oc3cncc(N(C)CCN(C)C(C)=O)n3)c(F)c2)nc1. The van der Waals surface area contributed by atoms with E-state index < -0.39 is 5.82 Å². The van der Waals surface area contributed by atoms with E-state index in [-0.39, 0.29) is 23.4 Å². The Morgan fingerprint density at radius 3 is 2.48 bits per heavy atom. The molecule has 1 N–H and O–H groups in total. The Bertz CT molecular complexity index is 1140.